The summed E-state index contributed by atoms with van der Waals surface area (Å²) in [5.74, 6) is -1.17. The molecule has 8 heteroatoms. The van der Waals surface area contributed by atoms with E-state index in [1.54, 1.807) is 42.5 Å². The number of carboxylic acids is 1. The molecule has 0 atom stereocenters. The molecule has 0 aliphatic heterocycles. The van der Waals surface area contributed by atoms with E-state index in [9.17, 15) is 14.7 Å². The second-order valence-electron chi connectivity index (χ2n) is 10.3. The van der Waals surface area contributed by atoms with Crippen molar-refractivity contribution in [1.82, 2.24) is 8.75 Å². The van der Waals surface area contributed by atoms with Crippen molar-refractivity contribution >= 4 is 40.1 Å². The molecule has 1 aromatic heterocycles. The number of Topliss-reactive ketones (excluding diaryl/α,β-unsaturated/α-hetero) is 1. The van der Waals surface area contributed by atoms with E-state index in [4.69, 9.17) is 4.74 Å². The minimum absolute atomic E-state index is 0. The van der Waals surface area contributed by atoms with Crippen molar-refractivity contribution in [1.29, 1.82) is 0 Å². The number of carbonyl (C=O) groups is 2. The zero-order chi connectivity index (χ0) is 26.7. The van der Waals surface area contributed by atoms with Crippen LogP contribution in [0.1, 0.15) is 61.7 Å². The summed E-state index contributed by atoms with van der Waals surface area (Å²) >= 11 is 1.05. The van der Waals surface area contributed by atoms with Crippen molar-refractivity contribution in [2.24, 2.45) is 0 Å². The number of rotatable bonds is 8. The molecule has 4 rings (SSSR count). The number of carboxylic acid groups (broad SMARTS) is 1. The molecule has 4 aromatic rings. The molecule has 0 bridgehead atoms. The molecule has 3 aromatic carbocycles. The maximum Gasteiger partial charge on any atom is 1.00 e. The summed E-state index contributed by atoms with van der Waals surface area (Å²) in [6, 6.07) is 19.6. The van der Waals surface area contributed by atoms with E-state index in [2.05, 4.69) is 29.5 Å². The summed E-state index contributed by atoms with van der Waals surface area (Å²) in [5, 5.41) is 12.5. The summed E-state index contributed by atoms with van der Waals surface area (Å²) in [5.41, 5.74) is 3.89. The van der Waals surface area contributed by atoms with Crippen molar-refractivity contribution in [2.45, 2.75) is 52.6 Å². The molecule has 0 aliphatic rings. The van der Waals surface area contributed by atoms with Gasteiger partial charge >= 0.3 is 29.6 Å². The van der Waals surface area contributed by atoms with Crippen LogP contribution >= 0.6 is 11.7 Å². The van der Waals surface area contributed by atoms with E-state index in [0.29, 0.717) is 27.9 Å². The topological polar surface area (TPSA) is 92.2 Å². The zero-order valence-electron chi connectivity index (χ0n) is 22.6. The van der Waals surface area contributed by atoms with Crippen molar-refractivity contribution in [2.75, 3.05) is 0 Å². The van der Waals surface area contributed by atoms with Gasteiger partial charge in [-0.05, 0) is 72.4 Å². The van der Waals surface area contributed by atoms with Gasteiger partial charge in [0.05, 0.1) is 23.8 Å². The van der Waals surface area contributed by atoms with E-state index < -0.39 is 5.97 Å². The number of aliphatic carboxylic acids is 1. The van der Waals surface area contributed by atoms with Crippen LogP contribution in [0.4, 0.5) is 0 Å². The van der Waals surface area contributed by atoms with Gasteiger partial charge in [-0.15, -0.1) is 0 Å². The Bertz CT molecular complexity index is 1470. The number of hydrogen-bond donors (Lipinski definition) is 0. The Labute approximate surface area is 249 Å². The van der Waals surface area contributed by atoms with Crippen LogP contribution in [-0.2, 0) is 16.6 Å². The Morgan fingerprint density at radius 1 is 0.895 bits per heavy atom. The van der Waals surface area contributed by atoms with Crippen molar-refractivity contribution in [3.05, 3.63) is 94.6 Å². The average Bonchev–Trinajstić information content (AvgIpc) is 3.31. The Balaban J connectivity index is 0.00000400. The SMILES string of the molecule is CC(C)Oc1ccc(C(=O)/C(Cc2ccc(C(C)(C)C)cc2)=C(/C(=O)[O-])c2ccc3nsnc3c2)cc1.[Na+]. The minimum atomic E-state index is -1.42. The molecule has 0 spiro atoms. The fourth-order valence-corrected chi connectivity index (χ4v) is 4.61. The van der Waals surface area contributed by atoms with E-state index in [1.165, 1.54) is 0 Å². The summed E-state index contributed by atoms with van der Waals surface area (Å²) < 4.78 is 14.1. The van der Waals surface area contributed by atoms with Gasteiger partial charge in [-0.3, -0.25) is 4.79 Å². The van der Waals surface area contributed by atoms with Crippen molar-refractivity contribution in [3.63, 3.8) is 0 Å². The smallest absolute Gasteiger partial charge is 0.545 e. The Kier molecular flexibility index (Phi) is 9.65. The maximum atomic E-state index is 13.8. The zero-order valence-corrected chi connectivity index (χ0v) is 25.4. The normalized spacial score (nSPS) is 12.2. The Morgan fingerprint density at radius 2 is 1.50 bits per heavy atom. The van der Waals surface area contributed by atoms with Crippen LogP contribution < -0.4 is 39.4 Å². The fraction of sp³-hybridized carbons (Fsp3) is 0.267. The standard InChI is InChI=1S/C30H30N2O4S.Na/c1-18(2)36-23-13-8-20(9-14-23)28(33)24(16-19-6-11-22(12-7-19)30(3,4)5)27(29(34)35)21-10-15-25-26(17-21)32-37-31-25;/h6-15,17-18H,16H2,1-5H3,(H,34,35);/q;+1/p-1/b27-24+;. The monoisotopic (exact) mass is 536 g/mol. The number of allylic oxidation sites excluding steroid dienone is 1. The van der Waals surface area contributed by atoms with Gasteiger partial charge in [-0.2, -0.15) is 8.75 Å². The van der Waals surface area contributed by atoms with Gasteiger partial charge in [0.1, 0.15) is 16.8 Å². The first kappa shape index (κ1) is 29.7. The van der Waals surface area contributed by atoms with Gasteiger partial charge < -0.3 is 14.6 Å². The first-order chi connectivity index (χ1) is 17.5. The largest absolute Gasteiger partial charge is 1.00 e. The molecule has 0 N–H and O–H groups in total. The molecule has 0 amide bonds. The van der Waals surface area contributed by atoms with Crippen LogP contribution in [0.5, 0.6) is 5.75 Å². The molecule has 0 unspecified atom stereocenters. The van der Waals surface area contributed by atoms with Gasteiger partial charge in [-0.25, -0.2) is 0 Å². The maximum absolute atomic E-state index is 13.8. The molecule has 1 heterocycles. The molecular weight excluding hydrogens is 507 g/mol. The van der Waals surface area contributed by atoms with Crippen LogP contribution in [0.25, 0.3) is 16.6 Å². The van der Waals surface area contributed by atoms with Crippen molar-refractivity contribution in [3.8, 4) is 5.75 Å². The average molecular weight is 537 g/mol. The summed E-state index contributed by atoms with van der Waals surface area (Å²) in [6.45, 7) is 10.2. The quantitative estimate of drug-likeness (QED) is 0.195. The van der Waals surface area contributed by atoms with Gasteiger partial charge in [0, 0.05) is 23.1 Å². The number of aromatic nitrogens is 2. The fourth-order valence-electron chi connectivity index (χ4n) is 4.09. The van der Waals surface area contributed by atoms with E-state index in [0.717, 1.165) is 22.9 Å². The molecule has 190 valence electrons. The molecule has 0 aliphatic carbocycles. The predicted octanol–water partition coefficient (Wildman–Crippen LogP) is 2.41. The minimum Gasteiger partial charge on any atom is -0.545 e. The molecule has 0 radical (unpaired) electrons. The number of ketones is 1. The number of ether oxygens (including phenoxy) is 1. The molecule has 38 heavy (non-hydrogen) atoms. The molecule has 0 saturated carbocycles. The summed E-state index contributed by atoms with van der Waals surface area (Å²) in [4.78, 5) is 26.4. The number of nitrogens with zero attached hydrogens (tertiary/aromatic N) is 2. The second kappa shape index (κ2) is 12.3. The first-order valence-electron chi connectivity index (χ1n) is 12.1. The number of carbonyl (C=O) groups excluding carboxylic acids is 2. The van der Waals surface area contributed by atoms with Crippen LogP contribution in [0, 0.1) is 0 Å². The number of hydrogen-bond acceptors (Lipinski definition) is 7. The van der Waals surface area contributed by atoms with E-state index in [-0.39, 0.29) is 64.4 Å². The van der Waals surface area contributed by atoms with Crippen molar-refractivity contribution < 1.29 is 49.0 Å². The number of benzene rings is 3. The summed E-state index contributed by atoms with van der Waals surface area (Å²) in [6.07, 6.45) is 0.123. The van der Waals surface area contributed by atoms with Crippen LogP contribution in [0.15, 0.2) is 72.3 Å². The van der Waals surface area contributed by atoms with Gasteiger partial charge in [-0.1, -0.05) is 51.1 Å². The second-order valence-corrected chi connectivity index (χ2v) is 10.8. The molecule has 0 saturated heterocycles. The molecular formula is C30H29N2NaO4S. The molecule has 6 nitrogen and oxygen atoms in total. The van der Waals surface area contributed by atoms with Crippen LogP contribution in [0.3, 0.4) is 0 Å². The number of fused-ring (bicyclic) bond motifs is 1. The van der Waals surface area contributed by atoms with E-state index in [1.807, 2.05) is 38.1 Å². The van der Waals surface area contributed by atoms with Crippen LogP contribution in [0.2, 0.25) is 0 Å². The van der Waals surface area contributed by atoms with Crippen LogP contribution in [-0.4, -0.2) is 26.6 Å². The first-order valence-corrected chi connectivity index (χ1v) is 12.8. The summed E-state index contributed by atoms with van der Waals surface area (Å²) in [7, 11) is 0. The Morgan fingerprint density at radius 3 is 2.08 bits per heavy atom. The van der Waals surface area contributed by atoms with Gasteiger partial charge in [0.25, 0.3) is 0 Å². The third-order valence-electron chi connectivity index (χ3n) is 6.01. The predicted molar refractivity (Wildman–Crippen MR) is 145 cm³/mol. The third-order valence-corrected chi connectivity index (χ3v) is 6.57. The van der Waals surface area contributed by atoms with Gasteiger partial charge in [0.2, 0.25) is 0 Å². The van der Waals surface area contributed by atoms with E-state index >= 15 is 0 Å². The molecule has 0 fully saturated rings. The Hall–Kier alpha value is -2.84. The van der Waals surface area contributed by atoms with Gasteiger partial charge in [0.15, 0.2) is 5.78 Å². The third kappa shape index (κ3) is 6.97.